The van der Waals surface area contributed by atoms with E-state index in [0.29, 0.717) is 24.2 Å². The molecule has 6 nitrogen and oxygen atoms in total. The number of hydrogen-bond donors (Lipinski definition) is 1. The molecule has 2 atom stereocenters. The normalized spacial score (nSPS) is 24.4. The highest BCUT2D eigenvalue weighted by Crippen LogP contribution is 2.41. The minimum absolute atomic E-state index is 0.0687. The minimum atomic E-state index is -0.0687. The number of fused-ring (bicyclic) bond motifs is 1. The van der Waals surface area contributed by atoms with Gasteiger partial charge >= 0.3 is 0 Å². The molecule has 0 radical (unpaired) electrons. The summed E-state index contributed by atoms with van der Waals surface area (Å²) in [5.74, 6) is 0.133. The second-order valence-corrected chi connectivity index (χ2v) is 9.08. The average Bonchev–Trinajstić information content (AvgIpc) is 3.23. The maximum Gasteiger partial charge on any atom is 0.241 e. The summed E-state index contributed by atoms with van der Waals surface area (Å²) in [6, 6.07) is 8.41. The van der Waals surface area contributed by atoms with Gasteiger partial charge in [0.2, 0.25) is 5.91 Å². The summed E-state index contributed by atoms with van der Waals surface area (Å²) in [6.07, 6.45) is 3.76. The van der Waals surface area contributed by atoms with Gasteiger partial charge in [0.25, 0.3) is 0 Å². The molecule has 0 saturated carbocycles. The number of nitrogens with zero attached hydrogens (tertiary/aromatic N) is 4. The molecule has 3 heterocycles. The van der Waals surface area contributed by atoms with Crippen LogP contribution in [0, 0.1) is 0 Å². The van der Waals surface area contributed by atoms with Crippen molar-refractivity contribution in [2.45, 2.75) is 44.8 Å². The van der Waals surface area contributed by atoms with E-state index >= 15 is 0 Å². The van der Waals surface area contributed by atoms with Crippen molar-refractivity contribution in [3.8, 4) is 0 Å². The number of anilines is 1. The van der Waals surface area contributed by atoms with E-state index in [1.165, 1.54) is 5.56 Å². The monoisotopic (exact) mass is 401 g/mol. The molecule has 0 aliphatic carbocycles. The van der Waals surface area contributed by atoms with Crippen LogP contribution >= 0.6 is 11.6 Å². The van der Waals surface area contributed by atoms with Gasteiger partial charge < -0.3 is 10.2 Å². The second kappa shape index (κ2) is 7.50. The van der Waals surface area contributed by atoms with Crippen molar-refractivity contribution in [3.05, 3.63) is 47.2 Å². The fourth-order valence-corrected chi connectivity index (χ4v) is 4.54. The summed E-state index contributed by atoms with van der Waals surface area (Å²) < 4.78 is 1.94. The molecule has 2 aromatic rings. The number of hydrogen-bond acceptors (Lipinski definition) is 4. The van der Waals surface area contributed by atoms with Crippen LogP contribution in [0.25, 0.3) is 0 Å². The number of rotatable bonds is 4. The molecule has 150 valence electrons. The van der Waals surface area contributed by atoms with Crippen LogP contribution in [0.5, 0.6) is 0 Å². The topological polar surface area (TPSA) is 53.4 Å². The van der Waals surface area contributed by atoms with Crippen LogP contribution in [0.2, 0.25) is 5.02 Å². The quantitative estimate of drug-likeness (QED) is 0.855. The first-order valence-electron chi connectivity index (χ1n) is 9.89. The lowest BCUT2D eigenvalue weighted by molar-refractivity contribution is -0.120. The van der Waals surface area contributed by atoms with Gasteiger partial charge in [-0.15, -0.1) is 0 Å². The van der Waals surface area contributed by atoms with Gasteiger partial charge in [0.1, 0.15) is 0 Å². The molecule has 4 rings (SSSR count). The molecular weight excluding hydrogens is 374 g/mol. The predicted molar refractivity (Wildman–Crippen MR) is 112 cm³/mol. The number of benzene rings is 1. The Kier molecular flexibility index (Phi) is 5.21. The highest BCUT2D eigenvalue weighted by Gasteiger charge is 2.39. The lowest BCUT2D eigenvalue weighted by atomic mass is 9.87. The Morgan fingerprint density at radius 3 is 2.96 bits per heavy atom. The molecule has 1 aromatic heterocycles. The Bertz CT molecular complexity index is 850. The zero-order chi connectivity index (χ0) is 19.9. The van der Waals surface area contributed by atoms with Crippen LogP contribution in [0.15, 0.2) is 36.7 Å². The number of nitrogens with one attached hydrogen (secondary N) is 1. The first kappa shape index (κ1) is 19.4. The Labute approximate surface area is 171 Å². The number of piperazine rings is 1. The van der Waals surface area contributed by atoms with Gasteiger partial charge in [0.05, 0.1) is 13.1 Å². The zero-order valence-corrected chi connectivity index (χ0v) is 17.5. The summed E-state index contributed by atoms with van der Waals surface area (Å²) in [6.45, 7) is 10.1. The standard InChI is InChI=1S/C21H28ClN5O/c1-15-11-25(17(10-23-15)12-26-8-4-7-24-26)13-20(28)27-14-21(2,3)18-6-5-16(22)9-19(18)27/h4-9,15,17,23H,10-14H2,1-3H3/t15-,17-/m1/s1. The average molecular weight is 402 g/mol. The third-order valence-electron chi connectivity index (χ3n) is 5.86. The van der Waals surface area contributed by atoms with Gasteiger partial charge in [-0.2, -0.15) is 5.10 Å². The first-order valence-corrected chi connectivity index (χ1v) is 10.3. The molecule has 1 aromatic carbocycles. The lowest BCUT2D eigenvalue weighted by Crippen LogP contribution is -2.59. The fourth-order valence-electron chi connectivity index (χ4n) is 4.38. The maximum atomic E-state index is 13.3. The van der Waals surface area contributed by atoms with E-state index in [1.807, 2.05) is 34.0 Å². The molecule has 1 fully saturated rings. The third kappa shape index (κ3) is 3.81. The van der Waals surface area contributed by atoms with Crippen LogP contribution < -0.4 is 10.2 Å². The summed E-state index contributed by atoms with van der Waals surface area (Å²) in [7, 11) is 0. The largest absolute Gasteiger partial charge is 0.311 e. The summed E-state index contributed by atoms with van der Waals surface area (Å²) in [5, 5.41) is 8.53. The van der Waals surface area contributed by atoms with E-state index in [0.717, 1.165) is 25.3 Å². The molecule has 7 heteroatoms. The van der Waals surface area contributed by atoms with Crippen molar-refractivity contribution in [2.24, 2.45) is 0 Å². The molecule has 28 heavy (non-hydrogen) atoms. The number of carbonyl (C=O) groups excluding carboxylic acids is 1. The molecule has 0 bridgehead atoms. The highest BCUT2D eigenvalue weighted by atomic mass is 35.5. The molecular formula is C21H28ClN5O. The highest BCUT2D eigenvalue weighted by molar-refractivity contribution is 6.31. The number of amides is 1. The van der Waals surface area contributed by atoms with Crippen LogP contribution in [0.1, 0.15) is 26.3 Å². The molecule has 0 spiro atoms. The van der Waals surface area contributed by atoms with Crippen LogP contribution in [0.3, 0.4) is 0 Å². The summed E-state index contributed by atoms with van der Waals surface area (Å²) >= 11 is 6.23. The summed E-state index contributed by atoms with van der Waals surface area (Å²) in [5.41, 5.74) is 2.07. The molecule has 0 unspecified atom stereocenters. The van der Waals surface area contributed by atoms with E-state index in [1.54, 1.807) is 6.20 Å². The van der Waals surface area contributed by atoms with E-state index < -0.39 is 0 Å². The van der Waals surface area contributed by atoms with Gasteiger partial charge in [-0.1, -0.05) is 31.5 Å². The lowest BCUT2D eigenvalue weighted by Gasteiger charge is -2.39. The van der Waals surface area contributed by atoms with Crippen molar-refractivity contribution >= 4 is 23.2 Å². The molecule has 1 amide bonds. The van der Waals surface area contributed by atoms with Gasteiger partial charge in [0, 0.05) is 60.2 Å². The van der Waals surface area contributed by atoms with Gasteiger partial charge in [-0.3, -0.25) is 14.4 Å². The van der Waals surface area contributed by atoms with Gasteiger partial charge in [-0.25, -0.2) is 0 Å². The minimum Gasteiger partial charge on any atom is -0.311 e. The Balaban J connectivity index is 1.52. The van der Waals surface area contributed by atoms with Crippen LogP contribution in [0.4, 0.5) is 5.69 Å². The zero-order valence-electron chi connectivity index (χ0n) is 16.7. The number of carbonyl (C=O) groups is 1. The molecule has 2 aliphatic heterocycles. The first-order chi connectivity index (χ1) is 13.3. The van der Waals surface area contributed by atoms with E-state index in [9.17, 15) is 4.79 Å². The van der Waals surface area contributed by atoms with E-state index in [-0.39, 0.29) is 17.4 Å². The van der Waals surface area contributed by atoms with Crippen LogP contribution in [-0.4, -0.2) is 58.9 Å². The van der Waals surface area contributed by atoms with E-state index in [4.69, 9.17) is 11.6 Å². The van der Waals surface area contributed by atoms with Crippen molar-refractivity contribution in [1.82, 2.24) is 20.0 Å². The summed E-state index contributed by atoms with van der Waals surface area (Å²) in [4.78, 5) is 17.5. The Hall–Kier alpha value is -1.89. The molecule has 1 saturated heterocycles. The van der Waals surface area contributed by atoms with Crippen molar-refractivity contribution < 1.29 is 4.79 Å². The fraction of sp³-hybridized carbons (Fsp3) is 0.524. The van der Waals surface area contributed by atoms with Gasteiger partial charge in [-0.05, 0) is 30.7 Å². The van der Waals surface area contributed by atoms with Crippen molar-refractivity contribution in [1.29, 1.82) is 0 Å². The Morgan fingerprint density at radius 2 is 2.21 bits per heavy atom. The SMILES string of the molecule is C[C@@H]1CN(CC(=O)N2CC(C)(C)c3ccc(Cl)cc32)[C@@H](Cn2cccn2)CN1. The maximum absolute atomic E-state index is 13.3. The second-order valence-electron chi connectivity index (χ2n) is 8.65. The van der Waals surface area contributed by atoms with E-state index in [2.05, 4.69) is 42.2 Å². The Morgan fingerprint density at radius 1 is 1.39 bits per heavy atom. The molecule has 2 aliphatic rings. The van der Waals surface area contributed by atoms with Crippen LogP contribution in [-0.2, 0) is 16.8 Å². The van der Waals surface area contributed by atoms with Crippen molar-refractivity contribution in [3.63, 3.8) is 0 Å². The van der Waals surface area contributed by atoms with Crippen molar-refractivity contribution in [2.75, 3.05) is 31.1 Å². The third-order valence-corrected chi connectivity index (χ3v) is 6.09. The molecule has 1 N–H and O–H groups in total. The smallest absolute Gasteiger partial charge is 0.241 e. The van der Waals surface area contributed by atoms with Gasteiger partial charge in [0.15, 0.2) is 0 Å². The number of halogens is 1. The predicted octanol–water partition coefficient (Wildman–Crippen LogP) is 2.52. The number of aromatic nitrogens is 2.